The average Bonchev–Trinajstić information content (AvgIpc) is 2.74. The van der Waals surface area contributed by atoms with Gasteiger partial charge in [0.05, 0.1) is 19.6 Å². The van der Waals surface area contributed by atoms with Gasteiger partial charge in [-0.2, -0.15) is 4.33 Å². The first-order valence-electron chi connectivity index (χ1n) is 11.6. The number of ether oxygens (including phenoxy) is 2. The summed E-state index contributed by atoms with van der Waals surface area (Å²) in [4.78, 5) is 24.1. The molecule has 9 heteroatoms. The average molecular weight is 473 g/mol. The molecule has 0 rings (SSSR count). The van der Waals surface area contributed by atoms with E-state index in [0.717, 1.165) is 44.9 Å². The van der Waals surface area contributed by atoms with Crippen LogP contribution in [0.5, 0.6) is 0 Å². The molecule has 0 saturated heterocycles. The van der Waals surface area contributed by atoms with Crippen LogP contribution >= 0.6 is 12.0 Å². The van der Waals surface area contributed by atoms with Gasteiger partial charge in [0.15, 0.2) is 0 Å². The largest absolute Gasteiger partial charge is 1.00 e. The van der Waals surface area contributed by atoms with Crippen LogP contribution in [-0.4, -0.2) is 30.4 Å². The molecule has 31 heavy (non-hydrogen) atoms. The van der Waals surface area contributed by atoms with E-state index in [1.54, 1.807) is 0 Å². The molecule has 0 radical (unpaired) electrons. The fraction of sp³-hybridized carbons (Fsp3) is 0.909. The molecule has 7 nitrogen and oxygen atoms in total. The Morgan fingerprint density at radius 1 is 0.742 bits per heavy atom. The molecule has 178 valence electrons. The van der Waals surface area contributed by atoms with Crippen LogP contribution in [-0.2, 0) is 28.4 Å². The van der Waals surface area contributed by atoms with E-state index in [9.17, 15) is 14.8 Å². The Labute approximate surface area is 215 Å². The Morgan fingerprint density at radius 3 is 1.71 bits per heavy atom. The quantitative estimate of drug-likeness (QED) is 0.0591. The summed E-state index contributed by atoms with van der Waals surface area (Å²) < 4.78 is 14.6. The number of hydrogen-bond acceptors (Lipinski definition) is 8. The first-order chi connectivity index (χ1) is 14.7. The van der Waals surface area contributed by atoms with E-state index in [0.29, 0.717) is 18.6 Å². The third kappa shape index (κ3) is 23.1. The Hall–Kier alpha value is 0.170. The van der Waals surface area contributed by atoms with Gasteiger partial charge in [0.2, 0.25) is 0 Å². The number of hydrogen-bond donors (Lipinski definition) is 0. The molecule has 1 unspecified atom stereocenters. The summed E-state index contributed by atoms with van der Waals surface area (Å²) in [7, 11) is 0. The standard InChI is InChI=1S/C22H42O7S.Na/c1-3-5-7-9-10-11-12-13-14-16-17-26-21(23)19-20(30-29-28-25)22(24)27-18-15-8-6-4-2;/h20,25H,3-19H2,1-2H3;/q;+1/p-1. The van der Waals surface area contributed by atoms with Crippen molar-refractivity contribution in [1.82, 2.24) is 0 Å². The molecule has 0 fully saturated rings. The molecule has 0 N–H and O–H groups in total. The van der Waals surface area contributed by atoms with Gasteiger partial charge >= 0.3 is 41.5 Å². The first-order valence-corrected chi connectivity index (χ1v) is 12.4. The van der Waals surface area contributed by atoms with Crippen molar-refractivity contribution in [3.05, 3.63) is 0 Å². The van der Waals surface area contributed by atoms with Gasteiger partial charge in [-0.15, -0.1) is 0 Å². The Kier molecular flexibility index (Phi) is 28.4. The molecule has 0 aromatic rings. The Balaban J connectivity index is 0. The second-order valence-electron chi connectivity index (χ2n) is 7.56. The maximum atomic E-state index is 12.1. The molecular weight excluding hydrogens is 431 g/mol. The van der Waals surface area contributed by atoms with Crippen LogP contribution in [0.1, 0.15) is 110 Å². The molecule has 0 heterocycles. The van der Waals surface area contributed by atoms with Crippen LogP contribution in [0.4, 0.5) is 0 Å². The first kappa shape index (κ1) is 33.3. The fourth-order valence-corrected chi connectivity index (χ4v) is 3.48. The molecule has 0 aromatic heterocycles. The van der Waals surface area contributed by atoms with Crippen molar-refractivity contribution in [1.29, 1.82) is 0 Å². The number of carbonyl (C=O) groups excluding carboxylic acids is 2. The predicted molar refractivity (Wildman–Crippen MR) is 116 cm³/mol. The molecule has 0 aliphatic carbocycles. The Bertz CT molecular complexity index is 413. The van der Waals surface area contributed by atoms with Crippen molar-refractivity contribution >= 4 is 24.0 Å². The molecule has 0 aromatic carbocycles. The van der Waals surface area contributed by atoms with Gasteiger partial charge < -0.3 is 14.7 Å². The number of rotatable bonds is 22. The smallest absolute Gasteiger partial charge is 0.691 e. The van der Waals surface area contributed by atoms with Gasteiger partial charge in [0.25, 0.3) is 0 Å². The minimum atomic E-state index is -0.981. The zero-order valence-electron chi connectivity index (χ0n) is 19.9. The van der Waals surface area contributed by atoms with Gasteiger partial charge in [-0.1, -0.05) is 90.9 Å². The molecular formula is C22H41NaO7S. The summed E-state index contributed by atoms with van der Waals surface area (Å²) in [6.07, 6.45) is 15.7. The summed E-state index contributed by atoms with van der Waals surface area (Å²) in [5.41, 5.74) is 0. The predicted octanol–water partition coefficient (Wildman–Crippen LogP) is 2.21. The third-order valence-corrected chi connectivity index (χ3v) is 5.53. The summed E-state index contributed by atoms with van der Waals surface area (Å²) in [6.45, 7) is 4.93. The van der Waals surface area contributed by atoms with Crippen LogP contribution in [0, 0.1) is 0 Å². The van der Waals surface area contributed by atoms with Gasteiger partial charge in [-0.3, -0.25) is 14.6 Å². The molecule has 0 spiro atoms. The van der Waals surface area contributed by atoms with Crippen LogP contribution in [0.15, 0.2) is 0 Å². The van der Waals surface area contributed by atoms with Crippen molar-refractivity contribution in [3.63, 3.8) is 0 Å². The van der Waals surface area contributed by atoms with Crippen LogP contribution in [0.2, 0.25) is 0 Å². The SMILES string of the molecule is CCCCCCCCCCCCOC(=O)CC(SOO[O-])C(=O)OCCCCCC.[Na+]. The molecule has 0 bridgehead atoms. The van der Waals surface area contributed by atoms with Crippen LogP contribution < -0.4 is 34.8 Å². The molecule has 0 aliphatic rings. The zero-order chi connectivity index (χ0) is 22.3. The summed E-state index contributed by atoms with van der Waals surface area (Å²) in [6, 6.07) is 0. The van der Waals surface area contributed by atoms with Crippen LogP contribution in [0.3, 0.4) is 0 Å². The molecule has 0 saturated carbocycles. The summed E-state index contributed by atoms with van der Waals surface area (Å²) in [5.74, 6) is -1.12. The maximum Gasteiger partial charge on any atom is 1.00 e. The topological polar surface area (TPSA) is 94.1 Å². The second kappa shape index (κ2) is 26.4. The monoisotopic (exact) mass is 472 g/mol. The van der Waals surface area contributed by atoms with Crippen molar-refractivity contribution < 1.29 is 63.2 Å². The van der Waals surface area contributed by atoms with Gasteiger partial charge in [0, 0.05) is 12.0 Å². The van der Waals surface area contributed by atoms with E-state index in [1.165, 1.54) is 44.9 Å². The van der Waals surface area contributed by atoms with E-state index in [2.05, 4.69) is 23.2 Å². The van der Waals surface area contributed by atoms with Gasteiger partial charge in [-0.05, 0) is 12.8 Å². The van der Waals surface area contributed by atoms with E-state index in [4.69, 9.17) is 9.47 Å². The van der Waals surface area contributed by atoms with E-state index in [-0.39, 0.29) is 42.6 Å². The van der Waals surface area contributed by atoms with Crippen molar-refractivity contribution in [2.45, 2.75) is 115 Å². The van der Waals surface area contributed by atoms with Gasteiger partial charge in [-0.25, -0.2) is 0 Å². The van der Waals surface area contributed by atoms with Crippen molar-refractivity contribution in [3.8, 4) is 0 Å². The minimum Gasteiger partial charge on any atom is -0.691 e. The van der Waals surface area contributed by atoms with E-state index >= 15 is 0 Å². The Morgan fingerprint density at radius 2 is 1.19 bits per heavy atom. The number of carbonyl (C=O) groups is 2. The van der Waals surface area contributed by atoms with Crippen molar-refractivity contribution in [2.24, 2.45) is 0 Å². The number of unbranched alkanes of at least 4 members (excludes halogenated alkanes) is 12. The molecule has 0 amide bonds. The third-order valence-electron chi connectivity index (χ3n) is 4.80. The minimum absolute atomic E-state index is 0. The number of esters is 2. The summed E-state index contributed by atoms with van der Waals surface area (Å²) in [5, 5.41) is 12.4. The van der Waals surface area contributed by atoms with E-state index < -0.39 is 17.2 Å². The zero-order valence-corrected chi connectivity index (χ0v) is 22.7. The van der Waals surface area contributed by atoms with Gasteiger partial charge in [0.1, 0.15) is 5.25 Å². The fourth-order valence-electron chi connectivity index (χ4n) is 3.00. The molecule has 0 aliphatic heterocycles. The summed E-state index contributed by atoms with van der Waals surface area (Å²) >= 11 is 0.476. The van der Waals surface area contributed by atoms with Crippen molar-refractivity contribution in [2.75, 3.05) is 13.2 Å². The van der Waals surface area contributed by atoms with Crippen LogP contribution in [0.25, 0.3) is 0 Å². The molecule has 1 atom stereocenters. The second-order valence-corrected chi connectivity index (χ2v) is 8.45. The normalized spacial score (nSPS) is 11.6. The van der Waals surface area contributed by atoms with E-state index in [1.807, 2.05) is 0 Å². The maximum absolute atomic E-state index is 12.1.